The van der Waals surface area contributed by atoms with Gasteiger partial charge in [-0.05, 0) is 42.9 Å². The third-order valence-electron chi connectivity index (χ3n) is 3.52. The molecule has 1 unspecified atom stereocenters. The summed E-state index contributed by atoms with van der Waals surface area (Å²) in [6, 6.07) is 8.69. The van der Waals surface area contributed by atoms with E-state index in [4.69, 9.17) is 5.73 Å². The van der Waals surface area contributed by atoms with Crippen molar-refractivity contribution < 1.29 is 0 Å². The lowest BCUT2D eigenvalue weighted by atomic mass is 9.90. The summed E-state index contributed by atoms with van der Waals surface area (Å²) in [6.45, 7) is 10.3. The van der Waals surface area contributed by atoms with Crippen molar-refractivity contribution in [1.82, 2.24) is 0 Å². The molecular weight excluding hydrogens is 230 g/mol. The maximum Gasteiger partial charge on any atom is 0.0390 e. The Hall–Kier alpha value is -1.50. The van der Waals surface area contributed by atoms with E-state index >= 15 is 0 Å². The van der Waals surface area contributed by atoms with Gasteiger partial charge < -0.3 is 5.73 Å². The molecule has 0 amide bonds. The van der Waals surface area contributed by atoms with Gasteiger partial charge in [0.25, 0.3) is 0 Å². The van der Waals surface area contributed by atoms with Gasteiger partial charge in [0.05, 0.1) is 0 Å². The Labute approximate surface area is 118 Å². The summed E-state index contributed by atoms with van der Waals surface area (Å²) >= 11 is 0. The molecule has 1 rings (SSSR count). The number of allylic oxidation sites excluding steroid dienone is 2. The fourth-order valence-electron chi connectivity index (χ4n) is 2.35. The average molecular weight is 257 g/mol. The summed E-state index contributed by atoms with van der Waals surface area (Å²) in [5.41, 5.74) is 10.3. The second-order valence-electron chi connectivity index (χ2n) is 5.32. The number of benzene rings is 1. The summed E-state index contributed by atoms with van der Waals surface area (Å²) in [4.78, 5) is 0. The molecule has 1 nitrogen and oxygen atoms in total. The Morgan fingerprint density at radius 2 is 1.89 bits per heavy atom. The van der Waals surface area contributed by atoms with Gasteiger partial charge in [0.2, 0.25) is 0 Å². The molecule has 0 fully saturated rings. The minimum Gasteiger partial charge on any atom is -0.398 e. The zero-order chi connectivity index (χ0) is 14.3. The molecule has 0 aliphatic heterocycles. The molecule has 1 aromatic carbocycles. The van der Waals surface area contributed by atoms with Crippen molar-refractivity contribution in [2.24, 2.45) is 5.73 Å². The molecule has 2 N–H and O–H groups in total. The van der Waals surface area contributed by atoms with Crippen LogP contribution in [0.5, 0.6) is 0 Å². The fraction of sp³-hybridized carbons (Fsp3) is 0.444. The first-order valence-electron chi connectivity index (χ1n) is 7.31. The number of unbranched alkanes of at least 4 members (excludes halogenated alkanes) is 1. The van der Waals surface area contributed by atoms with Crippen LogP contribution in [0, 0.1) is 0 Å². The van der Waals surface area contributed by atoms with Crippen LogP contribution in [-0.2, 0) is 0 Å². The summed E-state index contributed by atoms with van der Waals surface area (Å²) < 4.78 is 0. The SMILES string of the molecule is C=C(C)/C=C(\N)c1ccc(C(CC)CCCC)cc1. The zero-order valence-electron chi connectivity index (χ0n) is 12.6. The van der Waals surface area contributed by atoms with Crippen LogP contribution in [0.3, 0.4) is 0 Å². The monoisotopic (exact) mass is 257 g/mol. The molecule has 0 saturated heterocycles. The Kier molecular flexibility index (Phi) is 6.41. The smallest absolute Gasteiger partial charge is 0.0390 e. The lowest BCUT2D eigenvalue weighted by Crippen LogP contribution is -2.00. The van der Waals surface area contributed by atoms with Crippen LogP contribution in [0.15, 0.2) is 42.5 Å². The van der Waals surface area contributed by atoms with Gasteiger partial charge in [0.15, 0.2) is 0 Å². The van der Waals surface area contributed by atoms with Crippen molar-refractivity contribution in [1.29, 1.82) is 0 Å². The Morgan fingerprint density at radius 1 is 1.26 bits per heavy atom. The fourth-order valence-corrected chi connectivity index (χ4v) is 2.35. The van der Waals surface area contributed by atoms with Gasteiger partial charge in [-0.25, -0.2) is 0 Å². The van der Waals surface area contributed by atoms with Gasteiger partial charge >= 0.3 is 0 Å². The molecular formula is C18H27N. The lowest BCUT2D eigenvalue weighted by molar-refractivity contribution is 0.570. The predicted molar refractivity (Wildman–Crippen MR) is 86.0 cm³/mol. The first-order chi connectivity index (χ1) is 9.08. The maximum absolute atomic E-state index is 6.04. The largest absolute Gasteiger partial charge is 0.398 e. The van der Waals surface area contributed by atoms with Gasteiger partial charge in [-0.1, -0.05) is 63.1 Å². The lowest BCUT2D eigenvalue weighted by Gasteiger charge is -2.15. The Morgan fingerprint density at radius 3 is 2.37 bits per heavy atom. The molecule has 0 bridgehead atoms. The van der Waals surface area contributed by atoms with Crippen LogP contribution in [-0.4, -0.2) is 0 Å². The van der Waals surface area contributed by atoms with E-state index < -0.39 is 0 Å². The van der Waals surface area contributed by atoms with Gasteiger partial charge in [0.1, 0.15) is 0 Å². The Balaban J connectivity index is 2.82. The molecule has 1 heteroatoms. The van der Waals surface area contributed by atoms with Crippen LogP contribution >= 0.6 is 0 Å². The van der Waals surface area contributed by atoms with E-state index in [2.05, 4.69) is 44.7 Å². The van der Waals surface area contributed by atoms with Crippen molar-refractivity contribution in [3.63, 3.8) is 0 Å². The number of rotatable bonds is 7. The average Bonchev–Trinajstić information content (AvgIpc) is 2.39. The van der Waals surface area contributed by atoms with E-state index in [0.29, 0.717) is 5.92 Å². The quantitative estimate of drug-likeness (QED) is 0.664. The summed E-state index contributed by atoms with van der Waals surface area (Å²) in [5, 5.41) is 0. The molecule has 1 atom stereocenters. The van der Waals surface area contributed by atoms with E-state index in [1.165, 1.54) is 31.2 Å². The van der Waals surface area contributed by atoms with Crippen LogP contribution in [0.1, 0.15) is 63.5 Å². The predicted octanol–water partition coefficient (Wildman–Crippen LogP) is 5.25. The minimum absolute atomic E-state index is 0.681. The van der Waals surface area contributed by atoms with Gasteiger partial charge in [-0.3, -0.25) is 0 Å². The molecule has 0 radical (unpaired) electrons. The van der Waals surface area contributed by atoms with Crippen molar-refractivity contribution in [3.05, 3.63) is 53.6 Å². The molecule has 104 valence electrons. The van der Waals surface area contributed by atoms with E-state index in [-0.39, 0.29) is 0 Å². The van der Waals surface area contributed by atoms with E-state index in [1.54, 1.807) is 0 Å². The summed E-state index contributed by atoms with van der Waals surface area (Å²) in [5.74, 6) is 0.681. The second-order valence-corrected chi connectivity index (χ2v) is 5.32. The molecule has 0 aliphatic rings. The van der Waals surface area contributed by atoms with E-state index in [0.717, 1.165) is 16.8 Å². The van der Waals surface area contributed by atoms with Crippen molar-refractivity contribution in [3.8, 4) is 0 Å². The number of hydrogen-bond acceptors (Lipinski definition) is 1. The van der Waals surface area contributed by atoms with Crippen LogP contribution in [0.4, 0.5) is 0 Å². The molecule has 0 saturated carbocycles. The van der Waals surface area contributed by atoms with Crippen LogP contribution < -0.4 is 5.73 Å². The van der Waals surface area contributed by atoms with E-state index in [1.807, 2.05) is 13.0 Å². The standard InChI is InChI=1S/C18H27N/c1-5-7-8-15(6-2)16-9-11-17(12-10-16)18(19)13-14(3)4/h9-13,15H,3,5-8,19H2,1-2,4H3/b18-13-. The zero-order valence-corrected chi connectivity index (χ0v) is 12.6. The van der Waals surface area contributed by atoms with Crippen molar-refractivity contribution in [2.45, 2.75) is 52.4 Å². The molecule has 0 heterocycles. The van der Waals surface area contributed by atoms with Crippen molar-refractivity contribution in [2.75, 3.05) is 0 Å². The second kappa shape index (κ2) is 7.83. The van der Waals surface area contributed by atoms with Gasteiger partial charge in [-0.2, -0.15) is 0 Å². The highest BCUT2D eigenvalue weighted by Crippen LogP contribution is 2.26. The van der Waals surface area contributed by atoms with E-state index in [9.17, 15) is 0 Å². The molecule has 1 aromatic rings. The number of nitrogens with two attached hydrogens (primary N) is 1. The highest BCUT2D eigenvalue weighted by molar-refractivity contribution is 5.65. The highest BCUT2D eigenvalue weighted by Gasteiger charge is 2.08. The first-order valence-corrected chi connectivity index (χ1v) is 7.31. The topological polar surface area (TPSA) is 26.0 Å². The van der Waals surface area contributed by atoms with Gasteiger partial charge in [0, 0.05) is 5.70 Å². The normalized spacial score (nSPS) is 13.3. The first kappa shape index (κ1) is 15.6. The maximum atomic E-state index is 6.04. The third-order valence-corrected chi connectivity index (χ3v) is 3.52. The molecule has 0 aliphatic carbocycles. The number of hydrogen-bond donors (Lipinski definition) is 1. The minimum atomic E-state index is 0.681. The summed E-state index contributed by atoms with van der Waals surface area (Å²) in [7, 11) is 0. The van der Waals surface area contributed by atoms with Crippen LogP contribution in [0.2, 0.25) is 0 Å². The summed E-state index contributed by atoms with van der Waals surface area (Å²) in [6.07, 6.45) is 6.98. The van der Waals surface area contributed by atoms with Gasteiger partial charge in [-0.15, -0.1) is 0 Å². The van der Waals surface area contributed by atoms with Crippen LogP contribution in [0.25, 0.3) is 5.70 Å². The third kappa shape index (κ3) is 4.94. The molecule has 0 spiro atoms. The van der Waals surface area contributed by atoms with Crippen molar-refractivity contribution >= 4 is 5.70 Å². The molecule has 19 heavy (non-hydrogen) atoms. The highest BCUT2D eigenvalue weighted by atomic mass is 14.6. The Bertz CT molecular complexity index is 426. The molecule has 0 aromatic heterocycles.